The summed E-state index contributed by atoms with van der Waals surface area (Å²) >= 11 is 0. The number of benzene rings is 1. The molecule has 0 spiro atoms. The molecule has 21 heavy (non-hydrogen) atoms. The van der Waals surface area contributed by atoms with Crippen LogP contribution in [0.3, 0.4) is 0 Å². The van der Waals surface area contributed by atoms with Gasteiger partial charge in [0, 0.05) is 11.7 Å². The molecule has 1 aliphatic heterocycles. The van der Waals surface area contributed by atoms with Gasteiger partial charge in [0.1, 0.15) is 5.82 Å². The van der Waals surface area contributed by atoms with Gasteiger partial charge in [0.25, 0.3) is 0 Å². The van der Waals surface area contributed by atoms with Crippen LogP contribution in [-0.2, 0) is 6.42 Å². The summed E-state index contributed by atoms with van der Waals surface area (Å²) in [5, 5.41) is 0. The maximum absolute atomic E-state index is 5.96. The minimum absolute atomic E-state index is 0.0540. The molecule has 0 saturated heterocycles. The zero-order valence-electron chi connectivity index (χ0n) is 12.7. The summed E-state index contributed by atoms with van der Waals surface area (Å²) in [6.45, 7) is 6.16. The minimum Gasteiger partial charge on any atom is -0.473 e. The van der Waals surface area contributed by atoms with E-state index in [1.54, 1.807) is 0 Å². The maximum Gasteiger partial charge on any atom is 0.239 e. The predicted octanol–water partition coefficient (Wildman–Crippen LogP) is 3.53. The lowest BCUT2D eigenvalue weighted by Crippen LogP contribution is -2.25. The maximum atomic E-state index is 5.96. The molecule has 2 heterocycles. The molecule has 0 bridgehead atoms. The Morgan fingerprint density at radius 1 is 1.24 bits per heavy atom. The number of ether oxygens (including phenoxy) is 1. The molecule has 3 rings (SSSR count). The number of nitrogens with zero attached hydrogens (tertiary/aromatic N) is 2. The second kappa shape index (κ2) is 5.28. The summed E-state index contributed by atoms with van der Waals surface area (Å²) in [4.78, 5) is 6.87. The van der Waals surface area contributed by atoms with Gasteiger partial charge in [-0.15, -0.1) is 0 Å². The van der Waals surface area contributed by atoms with E-state index >= 15 is 0 Å². The number of pyridine rings is 1. The van der Waals surface area contributed by atoms with Gasteiger partial charge in [-0.25, -0.2) is 0 Å². The first-order valence-corrected chi connectivity index (χ1v) is 7.36. The fraction of sp³-hybridized carbons (Fsp3) is 0.353. The number of hydrogen-bond acceptors (Lipinski definition) is 4. The van der Waals surface area contributed by atoms with Gasteiger partial charge in [-0.05, 0) is 51.0 Å². The Morgan fingerprint density at radius 2 is 2.00 bits per heavy atom. The van der Waals surface area contributed by atoms with Crippen LogP contribution >= 0.6 is 0 Å². The van der Waals surface area contributed by atoms with E-state index in [0.717, 1.165) is 12.2 Å². The highest BCUT2D eigenvalue weighted by Crippen LogP contribution is 2.38. The molecular weight excluding hydrogens is 262 g/mol. The number of hydrogen-bond donors (Lipinski definition) is 1. The molecule has 1 unspecified atom stereocenters. The quantitative estimate of drug-likeness (QED) is 0.936. The summed E-state index contributed by atoms with van der Waals surface area (Å²) in [5.41, 5.74) is 9.11. The van der Waals surface area contributed by atoms with Crippen LogP contribution in [0.4, 0.5) is 17.2 Å². The van der Waals surface area contributed by atoms with E-state index in [1.165, 1.54) is 11.3 Å². The van der Waals surface area contributed by atoms with Crippen molar-refractivity contribution >= 4 is 17.2 Å². The highest BCUT2D eigenvalue weighted by Gasteiger charge is 2.28. The number of rotatable bonds is 3. The molecule has 0 amide bonds. The Labute approximate surface area is 125 Å². The SMILES string of the molecule is CC(C)Oc1nc(N2c3ccccc3CC2C)ccc1N. The van der Waals surface area contributed by atoms with Crippen LogP contribution < -0.4 is 15.4 Å². The van der Waals surface area contributed by atoms with Crippen molar-refractivity contribution in [2.24, 2.45) is 0 Å². The zero-order chi connectivity index (χ0) is 15.0. The molecule has 1 atom stereocenters. The summed E-state index contributed by atoms with van der Waals surface area (Å²) in [5.74, 6) is 1.40. The number of anilines is 3. The monoisotopic (exact) mass is 283 g/mol. The molecule has 0 radical (unpaired) electrons. The normalized spacial score (nSPS) is 17.1. The van der Waals surface area contributed by atoms with Crippen molar-refractivity contribution in [3.8, 4) is 5.88 Å². The van der Waals surface area contributed by atoms with E-state index in [-0.39, 0.29) is 6.10 Å². The second-order valence-electron chi connectivity index (χ2n) is 5.78. The van der Waals surface area contributed by atoms with E-state index in [9.17, 15) is 0 Å². The third kappa shape index (κ3) is 2.53. The van der Waals surface area contributed by atoms with E-state index in [4.69, 9.17) is 10.5 Å². The summed E-state index contributed by atoms with van der Waals surface area (Å²) < 4.78 is 5.71. The molecule has 4 nitrogen and oxygen atoms in total. The molecule has 0 fully saturated rings. The van der Waals surface area contributed by atoms with Crippen molar-refractivity contribution in [3.63, 3.8) is 0 Å². The van der Waals surface area contributed by atoms with Crippen molar-refractivity contribution in [3.05, 3.63) is 42.0 Å². The number of aromatic nitrogens is 1. The fourth-order valence-corrected chi connectivity index (χ4v) is 2.81. The average Bonchev–Trinajstić information content (AvgIpc) is 2.77. The van der Waals surface area contributed by atoms with Crippen LogP contribution in [0.1, 0.15) is 26.3 Å². The predicted molar refractivity (Wildman–Crippen MR) is 86.2 cm³/mol. The number of nitrogen functional groups attached to an aromatic ring is 1. The van der Waals surface area contributed by atoms with Gasteiger partial charge >= 0.3 is 0 Å². The molecule has 1 aromatic carbocycles. The largest absolute Gasteiger partial charge is 0.473 e. The lowest BCUT2D eigenvalue weighted by Gasteiger charge is -2.24. The van der Waals surface area contributed by atoms with Crippen LogP contribution in [-0.4, -0.2) is 17.1 Å². The van der Waals surface area contributed by atoms with Crippen LogP contribution in [0.25, 0.3) is 0 Å². The molecule has 4 heteroatoms. The minimum atomic E-state index is 0.0540. The second-order valence-corrected chi connectivity index (χ2v) is 5.78. The van der Waals surface area contributed by atoms with Gasteiger partial charge in [-0.2, -0.15) is 4.98 Å². The molecular formula is C17H21N3O. The van der Waals surface area contributed by atoms with Gasteiger partial charge in [0.05, 0.1) is 11.8 Å². The van der Waals surface area contributed by atoms with Gasteiger partial charge in [-0.1, -0.05) is 18.2 Å². The summed E-state index contributed by atoms with van der Waals surface area (Å²) in [6.07, 6.45) is 1.08. The Bertz CT molecular complexity index is 654. The molecule has 0 aliphatic carbocycles. The highest BCUT2D eigenvalue weighted by atomic mass is 16.5. The number of fused-ring (bicyclic) bond motifs is 1. The molecule has 1 aromatic heterocycles. The third-order valence-corrected chi connectivity index (χ3v) is 3.68. The third-order valence-electron chi connectivity index (χ3n) is 3.68. The van der Waals surface area contributed by atoms with E-state index in [0.29, 0.717) is 17.6 Å². The number of nitrogens with two attached hydrogens (primary N) is 1. The first-order valence-electron chi connectivity index (χ1n) is 7.36. The summed E-state index contributed by atoms with van der Waals surface area (Å²) in [6, 6.07) is 12.7. The van der Waals surface area contributed by atoms with E-state index < -0.39 is 0 Å². The first-order chi connectivity index (χ1) is 10.1. The van der Waals surface area contributed by atoms with Gasteiger partial charge in [0.15, 0.2) is 0 Å². The molecule has 2 N–H and O–H groups in total. The lowest BCUT2D eigenvalue weighted by molar-refractivity contribution is 0.234. The Balaban J connectivity index is 2.01. The van der Waals surface area contributed by atoms with Crippen LogP contribution in [0.15, 0.2) is 36.4 Å². The Kier molecular flexibility index (Phi) is 3.45. The Hall–Kier alpha value is -2.23. The van der Waals surface area contributed by atoms with Crippen LogP contribution in [0.2, 0.25) is 0 Å². The molecule has 110 valence electrons. The standard InChI is InChI=1S/C17H21N3O/c1-11(2)21-17-14(18)8-9-16(19-17)20-12(3)10-13-6-4-5-7-15(13)20/h4-9,11-12H,10,18H2,1-3H3. The van der Waals surface area contributed by atoms with E-state index in [2.05, 4.69) is 41.1 Å². The summed E-state index contributed by atoms with van der Waals surface area (Å²) in [7, 11) is 0. The molecule has 0 saturated carbocycles. The van der Waals surface area contributed by atoms with Crippen molar-refractivity contribution in [2.75, 3.05) is 10.6 Å². The van der Waals surface area contributed by atoms with E-state index in [1.807, 2.05) is 26.0 Å². The van der Waals surface area contributed by atoms with Gasteiger partial charge in [-0.3, -0.25) is 0 Å². The van der Waals surface area contributed by atoms with Crippen molar-refractivity contribution in [2.45, 2.75) is 39.3 Å². The lowest BCUT2D eigenvalue weighted by atomic mass is 10.1. The molecule has 1 aliphatic rings. The van der Waals surface area contributed by atoms with Crippen molar-refractivity contribution < 1.29 is 4.74 Å². The van der Waals surface area contributed by atoms with Crippen LogP contribution in [0.5, 0.6) is 5.88 Å². The fourth-order valence-electron chi connectivity index (χ4n) is 2.81. The molecule has 2 aromatic rings. The Morgan fingerprint density at radius 3 is 2.76 bits per heavy atom. The smallest absolute Gasteiger partial charge is 0.239 e. The van der Waals surface area contributed by atoms with Gasteiger partial charge in [0.2, 0.25) is 5.88 Å². The zero-order valence-corrected chi connectivity index (χ0v) is 12.7. The number of para-hydroxylation sites is 1. The van der Waals surface area contributed by atoms with Crippen molar-refractivity contribution in [1.29, 1.82) is 0 Å². The van der Waals surface area contributed by atoms with Gasteiger partial charge < -0.3 is 15.4 Å². The first kappa shape index (κ1) is 13.7. The van der Waals surface area contributed by atoms with Crippen LogP contribution in [0, 0.1) is 0 Å². The highest BCUT2D eigenvalue weighted by molar-refractivity contribution is 5.70. The topological polar surface area (TPSA) is 51.4 Å². The average molecular weight is 283 g/mol. The van der Waals surface area contributed by atoms with Crippen molar-refractivity contribution in [1.82, 2.24) is 4.98 Å².